The molecule has 4 heteroatoms. The van der Waals surface area contributed by atoms with Crippen LogP contribution in [0.1, 0.15) is 12.5 Å². The molecule has 0 fully saturated rings. The summed E-state index contributed by atoms with van der Waals surface area (Å²) in [6, 6.07) is 20.0. The maximum Gasteiger partial charge on any atom is 0.367 e. The second-order valence-corrected chi connectivity index (χ2v) is 5.27. The lowest BCUT2D eigenvalue weighted by Crippen LogP contribution is -2.20. The standard InChI is InChI=1S/C16H20O3Si/c1-14(17-13-12-15-8-4-2-5-9-15)18-20-19-16-10-6-3-7-11-16/h2-11,14H,12-13,20H2,1H3. The van der Waals surface area contributed by atoms with Crippen molar-refractivity contribution in [1.29, 1.82) is 0 Å². The van der Waals surface area contributed by atoms with Gasteiger partial charge in [-0.3, -0.25) is 0 Å². The van der Waals surface area contributed by atoms with E-state index < -0.39 is 10.0 Å². The Morgan fingerprint density at radius 2 is 1.60 bits per heavy atom. The topological polar surface area (TPSA) is 27.7 Å². The predicted molar refractivity (Wildman–Crippen MR) is 82.3 cm³/mol. The van der Waals surface area contributed by atoms with E-state index in [1.807, 2.05) is 55.5 Å². The fraction of sp³-hybridized carbons (Fsp3) is 0.250. The lowest BCUT2D eigenvalue weighted by Gasteiger charge is -2.14. The van der Waals surface area contributed by atoms with Crippen LogP contribution in [0.4, 0.5) is 0 Å². The summed E-state index contributed by atoms with van der Waals surface area (Å²) in [4.78, 5) is 0. The molecule has 0 aliphatic heterocycles. The Balaban J connectivity index is 1.58. The SMILES string of the molecule is CC(OCCc1ccccc1)O[SiH2]Oc1ccccc1. The molecule has 0 saturated carbocycles. The summed E-state index contributed by atoms with van der Waals surface area (Å²) in [6.07, 6.45) is 0.685. The largest absolute Gasteiger partial charge is 0.525 e. The van der Waals surface area contributed by atoms with Crippen molar-refractivity contribution in [2.75, 3.05) is 6.61 Å². The summed E-state index contributed by atoms with van der Waals surface area (Å²) < 4.78 is 16.8. The van der Waals surface area contributed by atoms with E-state index in [1.54, 1.807) is 0 Å². The van der Waals surface area contributed by atoms with E-state index in [2.05, 4.69) is 12.1 Å². The van der Waals surface area contributed by atoms with Crippen molar-refractivity contribution in [2.24, 2.45) is 0 Å². The molecule has 0 heterocycles. The van der Waals surface area contributed by atoms with Crippen LogP contribution in [0.2, 0.25) is 0 Å². The highest BCUT2D eigenvalue weighted by Crippen LogP contribution is 2.08. The van der Waals surface area contributed by atoms with Crippen LogP contribution in [0, 0.1) is 0 Å². The third-order valence-electron chi connectivity index (χ3n) is 2.86. The molecule has 1 atom stereocenters. The van der Waals surface area contributed by atoms with E-state index in [4.69, 9.17) is 13.6 Å². The Morgan fingerprint density at radius 3 is 2.30 bits per heavy atom. The van der Waals surface area contributed by atoms with Gasteiger partial charge in [0, 0.05) is 0 Å². The van der Waals surface area contributed by atoms with Crippen LogP contribution in [0.3, 0.4) is 0 Å². The first kappa shape index (κ1) is 14.8. The fourth-order valence-corrected chi connectivity index (χ4v) is 2.43. The zero-order valence-corrected chi connectivity index (χ0v) is 13.1. The molecule has 2 aromatic carbocycles. The second-order valence-electron chi connectivity index (χ2n) is 4.42. The Labute approximate surface area is 122 Å². The number of rotatable bonds is 8. The molecule has 0 aromatic heterocycles. The van der Waals surface area contributed by atoms with Gasteiger partial charge in [0.1, 0.15) is 12.0 Å². The molecule has 2 aromatic rings. The van der Waals surface area contributed by atoms with Crippen molar-refractivity contribution in [3.8, 4) is 5.75 Å². The number of benzene rings is 2. The van der Waals surface area contributed by atoms with Gasteiger partial charge in [-0.1, -0.05) is 48.5 Å². The average molecular weight is 288 g/mol. The molecule has 0 aliphatic rings. The van der Waals surface area contributed by atoms with Crippen LogP contribution in [0.25, 0.3) is 0 Å². The van der Waals surface area contributed by atoms with Crippen molar-refractivity contribution >= 4 is 10.0 Å². The molecule has 0 radical (unpaired) electrons. The highest BCUT2D eigenvalue weighted by atomic mass is 28.3. The monoisotopic (exact) mass is 288 g/mol. The first-order valence-corrected chi connectivity index (χ1v) is 7.95. The van der Waals surface area contributed by atoms with Crippen LogP contribution in [-0.4, -0.2) is 22.9 Å². The number of ether oxygens (including phenoxy) is 1. The summed E-state index contributed by atoms with van der Waals surface area (Å²) in [5.74, 6) is 0.857. The average Bonchev–Trinajstić information content (AvgIpc) is 2.49. The van der Waals surface area contributed by atoms with Crippen molar-refractivity contribution in [3.05, 3.63) is 66.2 Å². The van der Waals surface area contributed by atoms with Crippen molar-refractivity contribution in [3.63, 3.8) is 0 Å². The van der Waals surface area contributed by atoms with Crippen LogP contribution in [0.15, 0.2) is 60.7 Å². The molecule has 20 heavy (non-hydrogen) atoms. The summed E-state index contributed by atoms with van der Waals surface area (Å²) in [5, 5.41) is 0. The molecule has 0 spiro atoms. The zero-order valence-electron chi connectivity index (χ0n) is 11.7. The van der Waals surface area contributed by atoms with E-state index in [-0.39, 0.29) is 6.29 Å². The second kappa shape index (κ2) is 8.53. The lowest BCUT2D eigenvalue weighted by molar-refractivity contribution is -0.0702. The van der Waals surface area contributed by atoms with E-state index in [0.29, 0.717) is 6.61 Å². The Bertz CT molecular complexity index is 430. The minimum Gasteiger partial charge on any atom is -0.525 e. The summed E-state index contributed by atoms with van der Waals surface area (Å²) in [7, 11) is -1.05. The first-order valence-electron chi connectivity index (χ1n) is 6.79. The minimum atomic E-state index is -1.05. The van der Waals surface area contributed by atoms with Gasteiger partial charge in [0.15, 0.2) is 0 Å². The van der Waals surface area contributed by atoms with Gasteiger partial charge < -0.3 is 13.6 Å². The molecule has 3 nitrogen and oxygen atoms in total. The van der Waals surface area contributed by atoms with Gasteiger partial charge >= 0.3 is 10.0 Å². The van der Waals surface area contributed by atoms with E-state index in [9.17, 15) is 0 Å². The molecular weight excluding hydrogens is 268 g/mol. The first-order chi connectivity index (χ1) is 9.84. The maximum absolute atomic E-state index is 5.62. The van der Waals surface area contributed by atoms with Gasteiger partial charge in [-0.15, -0.1) is 0 Å². The minimum absolute atomic E-state index is 0.214. The van der Waals surface area contributed by atoms with Crippen LogP contribution >= 0.6 is 0 Å². The fourth-order valence-electron chi connectivity index (χ4n) is 1.75. The van der Waals surface area contributed by atoms with Crippen LogP contribution in [-0.2, 0) is 15.6 Å². The van der Waals surface area contributed by atoms with Crippen molar-refractivity contribution in [1.82, 2.24) is 0 Å². The van der Waals surface area contributed by atoms with Crippen molar-refractivity contribution in [2.45, 2.75) is 19.6 Å². The van der Waals surface area contributed by atoms with Crippen LogP contribution < -0.4 is 4.43 Å². The predicted octanol–water partition coefficient (Wildman–Crippen LogP) is 2.69. The molecule has 0 amide bonds. The van der Waals surface area contributed by atoms with Gasteiger partial charge in [-0.25, -0.2) is 0 Å². The third-order valence-corrected chi connectivity index (χ3v) is 3.91. The molecule has 106 valence electrons. The van der Waals surface area contributed by atoms with Crippen LogP contribution in [0.5, 0.6) is 5.75 Å². The summed E-state index contributed by atoms with van der Waals surface area (Å²) in [6.45, 7) is 2.57. The highest BCUT2D eigenvalue weighted by molar-refractivity contribution is 6.19. The zero-order chi connectivity index (χ0) is 14.0. The number of para-hydroxylation sites is 1. The third kappa shape index (κ3) is 5.57. The Hall–Kier alpha value is -1.62. The number of hydrogen-bond acceptors (Lipinski definition) is 3. The maximum atomic E-state index is 5.62. The molecule has 0 aliphatic carbocycles. The van der Waals surface area contributed by atoms with Gasteiger partial charge in [0.05, 0.1) is 6.61 Å². The summed E-state index contributed by atoms with van der Waals surface area (Å²) >= 11 is 0. The van der Waals surface area contributed by atoms with E-state index in [0.717, 1.165) is 12.2 Å². The van der Waals surface area contributed by atoms with Gasteiger partial charge in [-0.2, -0.15) is 0 Å². The summed E-state index contributed by atoms with van der Waals surface area (Å²) in [5.41, 5.74) is 1.28. The van der Waals surface area contributed by atoms with E-state index in [1.165, 1.54) is 5.56 Å². The smallest absolute Gasteiger partial charge is 0.367 e. The molecule has 0 saturated heterocycles. The number of hydrogen-bond donors (Lipinski definition) is 0. The molecule has 0 N–H and O–H groups in total. The quantitative estimate of drug-likeness (QED) is 0.552. The van der Waals surface area contributed by atoms with Gasteiger partial charge in [-0.05, 0) is 31.0 Å². The highest BCUT2D eigenvalue weighted by Gasteiger charge is 2.03. The lowest BCUT2D eigenvalue weighted by atomic mass is 10.2. The van der Waals surface area contributed by atoms with E-state index >= 15 is 0 Å². The normalized spacial score (nSPS) is 12.7. The Morgan fingerprint density at radius 1 is 0.950 bits per heavy atom. The molecule has 1 unspecified atom stereocenters. The molecular formula is C16H20O3Si. The molecule has 2 rings (SSSR count). The van der Waals surface area contributed by atoms with Gasteiger partial charge in [0.25, 0.3) is 0 Å². The Kier molecular flexibility index (Phi) is 6.30. The van der Waals surface area contributed by atoms with Crippen molar-refractivity contribution < 1.29 is 13.6 Å². The van der Waals surface area contributed by atoms with Gasteiger partial charge in [0.2, 0.25) is 0 Å². The molecule has 0 bridgehead atoms.